The molecule has 0 aliphatic rings. The molecule has 0 bridgehead atoms. The molecule has 1 N–H and O–H groups in total. The van der Waals surface area contributed by atoms with Gasteiger partial charge in [0.05, 0.1) is 12.1 Å². The molecule has 3 aromatic carbocycles. The summed E-state index contributed by atoms with van der Waals surface area (Å²) in [6.45, 7) is 1.06. The monoisotopic (exact) mass is 451 g/mol. The molecular weight excluding hydrogens is 434 g/mol. The van der Waals surface area contributed by atoms with Gasteiger partial charge in [-0.3, -0.25) is 0 Å². The lowest BCUT2D eigenvalue weighted by molar-refractivity contribution is 0.145. The second-order valence-corrected chi connectivity index (χ2v) is 7.44. The van der Waals surface area contributed by atoms with Crippen LogP contribution in [0.5, 0.6) is 11.5 Å². The summed E-state index contributed by atoms with van der Waals surface area (Å²) in [4.78, 5) is 10.9. The molecule has 0 amide bonds. The molecule has 0 aliphatic carbocycles. The lowest BCUT2D eigenvalue weighted by Crippen LogP contribution is -2.04. The maximum absolute atomic E-state index is 10.9. The summed E-state index contributed by atoms with van der Waals surface area (Å²) in [5, 5.41) is 9.68. The van der Waals surface area contributed by atoms with Crippen LogP contribution in [0.15, 0.2) is 83.5 Å². The minimum absolute atomic E-state index is 0.323. The first-order chi connectivity index (χ1) is 14.1. The first kappa shape index (κ1) is 19.1. The standard InChI is InChI=1S/C23H18BrNO4/c24-18-9-10-21(28-15-16-5-2-1-3-6-16)17(13-18)14-25-12-11-19-20(25)7-4-8-22(19)29-23(26)27/h1-13H,14-15H2,(H,26,27). The van der Waals surface area contributed by atoms with E-state index in [9.17, 15) is 4.79 Å². The molecule has 0 aliphatic heterocycles. The fraction of sp³-hybridized carbons (Fsp3) is 0.0870. The number of benzene rings is 3. The first-order valence-electron chi connectivity index (χ1n) is 9.04. The molecule has 5 nitrogen and oxygen atoms in total. The third-order valence-electron chi connectivity index (χ3n) is 4.57. The van der Waals surface area contributed by atoms with Gasteiger partial charge >= 0.3 is 6.16 Å². The molecule has 0 fully saturated rings. The van der Waals surface area contributed by atoms with Gasteiger partial charge in [-0.2, -0.15) is 0 Å². The van der Waals surface area contributed by atoms with Gasteiger partial charge in [0.1, 0.15) is 18.1 Å². The van der Waals surface area contributed by atoms with Crippen LogP contribution in [0.3, 0.4) is 0 Å². The summed E-state index contributed by atoms with van der Waals surface area (Å²) < 4.78 is 14.0. The average Bonchev–Trinajstić information content (AvgIpc) is 3.12. The van der Waals surface area contributed by atoms with E-state index < -0.39 is 6.16 Å². The van der Waals surface area contributed by atoms with Crippen molar-refractivity contribution in [2.45, 2.75) is 13.2 Å². The molecule has 0 atom stereocenters. The van der Waals surface area contributed by atoms with E-state index in [1.165, 1.54) is 0 Å². The Labute approximate surface area is 176 Å². The van der Waals surface area contributed by atoms with Gasteiger partial charge in [-0.1, -0.05) is 52.3 Å². The fourth-order valence-corrected chi connectivity index (χ4v) is 3.66. The average molecular weight is 452 g/mol. The van der Waals surface area contributed by atoms with Crippen molar-refractivity contribution in [2.24, 2.45) is 0 Å². The molecule has 1 heterocycles. The molecule has 4 rings (SSSR count). The summed E-state index contributed by atoms with van der Waals surface area (Å²) in [5.74, 6) is 1.13. The number of fused-ring (bicyclic) bond motifs is 1. The van der Waals surface area contributed by atoms with Crippen molar-refractivity contribution in [3.63, 3.8) is 0 Å². The van der Waals surface area contributed by atoms with Gasteiger partial charge in [-0.05, 0) is 42.0 Å². The molecule has 146 valence electrons. The zero-order valence-electron chi connectivity index (χ0n) is 15.4. The smallest absolute Gasteiger partial charge is 0.489 e. The molecular formula is C23H18BrNO4. The number of hydrogen-bond donors (Lipinski definition) is 1. The highest BCUT2D eigenvalue weighted by molar-refractivity contribution is 9.10. The summed E-state index contributed by atoms with van der Waals surface area (Å²) in [6.07, 6.45) is 0.593. The Morgan fingerprint density at radius 2 is 1.79 bits per heavy atom. The van der Waals surface area contributed by atoms with Gasteiger partial charge in [0.25, 0.3) is 0 Å². The molecule has 0 unspecified atom stereocenters. The zero-order valence-corrected chi connectivity index (χ0v) is 17.0. The first-order valence-corrected chi connectivity index (χ1v) is 9.83. The fourth-order valence-electron chi connectivity index (χ4n) is 3.25. The quantitative estimate of drug-likeness (QED) is 0.284. The number of rotatable bonds is 6. The van der Waals surface area contributed by atoms with Crippen LogP contribution < -0.4 is 9.47 Å². The van der Waals surface area contributed by atoms with Crippen molar-refractivity contribution in [1.82, 2.24) is 4.57 Å². The van der Waals surface area contributed by atoms with Crippen LogP contribution >= 0.6 is 15.9 Å². The number of ether oxygens (including phenoxy) is 2. The van der Waals surface area contributed by atoms with E-state index in [0.717, 1.165) is 32.3 Å². The van der Waals surface area contributed by atoms with Crippen molar-refractivity contribution in [2.75, 3.05) is 0 Å². The Bertz CT molecular complexity index is 1150. The molecule has 0 saturated heterocycles. The van der Waals surface area contributed by atoms with Crippen molar-refractivity contribution in [3.8, 4) is 11.5 Å². The van der Waals surface area contributed by atoms with Crippen LogP contribution in [-0.4, -0.2) is 15.8 Å². The van der Waals surface area contributed by atoms with Crippen LogP contribution in [-0.2, 0) is 13.2 Å². The lowest BCUT2D eigenvalue weighted by atomic mass is 10.2. The highest BCUT2D eigenvalue weighted by atomic mass is 79.9. The van der Waals surface area contributed by atoms with Crippen LogP contribution in [0.2, 0.25) is 0 Å². The summed E-state index contributed by atoms with van der Waals surface area (Å²) in [7, 11) is 0. The molecule has 0 saturated carbocycles. The Hall–Kier alpha value is -3.25. The number of aromatic nitrogens is 1. The number of carbonyl (C=O) groups is 1. The Balaban J connectivity index is 1.62. The van der Waals surface area contributed by atoms with Gasteiger partial charge in [0, 0.05) is 21.6 Å². The van der Waals surface area contributed by atoms with Crippen LogP contribution in [0.25, 0.3) is 10.9 Å². The number of nitrogens with zero attached hydrogens (tertiary/aromatic N) is 1. The Morgan fingerprint density at radius 1 is 0.966 bits per heavy atom. The molecule has 0 spiro atoms. The third kappa shape index (κ3) is 4.43. The molecule has 29 heavy (non-hydrogen) atoms. The van der Waals surface area contributed by atoms with E-state index in [1.807, 2.05) is 71.4 Å². The maximum atomic E-state index is 10.9. The van der Waals surface area contributed by atoms with Crippen molar-refractivity contribution < 1.29 is 19.4 Å². The van der Waals surface area contributed by atoms with Crippen molar-refractivity contribution >= 4 is 33.0 Å². The highest BCUT2D eigenvalue weighted by Crippen LogP contribution is 2.30. The SMILES string of the molecule is O=C(O)Oc1cccc2c1ccn2Cc1cc(Br)ccc1OCc1ccccc1. The minimum Gasteiger partial charge on any atom is -0.489 e. The summed E-state index contributed by atoms with van der Waals surface area (Å²) in [6, 6.07) is 23.2. The normalized spacial score (nSPS) is 10.8. The van der Waals surface area contributed by atoms with Gasteiger partial charge < -0.3 is 19.1 Å². The number of carboxylic acid groups (broad SMARTS) is 1. The summed E-state index contributed by atoms with van der Waals surface area (Å²) in [5.41, 5.74) is 3.00. The van der Waals surface area contributed by atoms with Crippen LogP contribution in [0.1, 0.15) is 11.1 Å². The van der Waals surface area contributed by atoms with E-state index >= 15 is 0 Å². The van der Waals surface area contributed by atoms with Crippen molar-refractivity contribution in [1.29, 1.82) is 0 Å². The van der Waals surface area contributed by atoms with E-state index in [4.69, 9.17) is 14.6 Å². The Kier molecular flexibility index (Phi) is 5.53. The topological polar surface area (TPSA) is 60.7 Å². The molecule has 1 aromatic heterocycles. The molecule has 6 heteroatoms. The van der Waals surface area contributed by atoms with Crippen LogP contribution in [0.4, 0.5) is 4.79 Å². The second kappa shape index (κ2) is 8.41. The largest absolute Gasteiger partial charge is 0.511 e. The highest BCUT2D eigenvalue weighted by Gasteiger charge is 2.12. The number of halogens is 1. The lowest BCUT2D eigenvalue weighted by Gasteiger charge is -2.14. The van der Waals surface area contributed by atoms with E-state index in [-0.39, 0.29) is 0 Å². The third-order valence-corrected chi connectivity index (χ3v) is 5.06. The van der Waals surface area contributed by atoms with Gasteiger partial charge in [0.2, 0.25) is 0 Å². The van der Waals surface area contributed by atoms with Gasteiger partial charge in [-0.15, -0.1) is 0 Å². The minimum atomic E-state index is -1.33. The predicted molar refractivity (Wildman–Crippen MR) is 115 cm³/mol. The van der Waals surface area contributed by atoms with Crippen molar-refractivity contribution in [3.05, 3.63) is 94.6 Å². The van der Waals surface area contributed by atoms with Gasteiger partial charge in [-0.25, -0.2) is 4.79 Å². The van der Waals surface area contributed by atoms with E-state index in [2.05, 4.69) is 15.9 Å². The van der Waals surface area contributed by atoms with E-state index in [1.54, 1.807) is 12.1 Å². The Morgan fingerprint density at radius 3 is 2.59 bits per heavy atom. The van der Waals surface area contributed by atoms with Crippen LogP contribution in [0, 0.1) is 0 Å². The van der Waals surface area contributed by atoms with E-state index in [0.29, 0.717) is 18.9 Å². The molecule has 0 radical (unpaired) electrons. The number of hydrogen-bond acceptors (Lipinski definition) is 3. The zero-order chi connectivity index (χ0) is 20.2. The summed E-state index contributed by atoms with van der Waals surface area (Å²) >= 11 is 3.53. The van der Waals surface area contributed by atoms with Gasteiger partial charge in [0.15, 0.2) is 0 Å². The second-order valence-electron chi connectivity index (χ2n) is 6.53. The predicted octanol–water partition coefficient (Wildman–Crippen LogP) is 6.09. The maximum Gasteiger partial charge on any atom is 0.511 e. The molecule has 4 aromatic rings.